The van der Waals surface area contributed by atoms with E-state index in [9.17, 15) is 4.79 Å². The van der Waals surface area contributed by atoms with Crippen molar-refractivity contribution in [1.82, 2.24) is 24.7 Å². The summed E-state index contributed by atoms with van der Waals surface area (Å²) in [5, 5.41) is 3.44. The van der Waals surface area contributed by atoms with Crippen LogP contribution in [0.3, 0.4) is 0 Å². The van der Waals surface area contributed by atoms with Gasteiger partial charge in [-0.05, 0) is 6.42 Å². The largest absolute Gasteiger partial charge is 0.341 e. The van der Waals surface area contributed by atoms with Crippen LogP contribution in [0.25, 0.3) is 0 Å². The van der Waals surface area contributed by atoms with Crippen LogP contribution in [0.1, 0.15) is 24.7 Å². The maximum absolute atomic E-state index is 11.7. The molecule has 0 spiro atoms. The standard InChI is InChI=1S/C14H23N5O/c1-17-7-5-16-14(17)12-11-15-4-8-18(12)9-10-19-6-2-3-13(19)20/h5,7,12,15H,2-4,6,8-11H2,1H3. The topological polar surface area (TPSA) is 53.4 Å². The lowest BCUT2D eigenvalue weighted by Gasteiger charge is -2.36. The van der Waals surface area contributed by atoms with E-state index in [-0.39, 0.29) is 0 Å². The lowest BCUT2D eigenvalue weighted by Crippen LogP contribution is -2.49. The summed E-state index contributed by atoms with van der Waals surface area (Å²) in [7, 11) is 2.04. The highest BCUT2D eigenvalue weighted by Crippen LogP contribution is 2.20. The number of rotatable bonds is 4. The fourth-order valence-electron chi connectivity index (χ4n) is 3.16. The fourth-order valence-corrected chi connectivity index (χ4v) is 3.16. The molecule has 1 aromatic rings. The van der Waals surface area contributed by atoms with Crippen LogP contribution in [0.15, 0.2) is 12.4 Å². The number of nitrogens with zero attached hydrogens (tertiary/aromatic N) is 4. The number of carbonyl (C=O) groups is 1. The molecule has 1 amide bonds. The van der Waals surface area contributed by atoms with Crippen LogP contribution in [0.4, 0.5) is 0 Å². The molecule has 3 rings (SSSR count). The Bertz CT molecular complexity index is 472. The number of carbonyl (C=O) groups excluding carboxylic acids is 1. The van der Waals surface area contributed by atoms with Crippen LogP contribution in [-0.4, -0.2) is 64.5 Å². The van der Waals surface area contributed by atoms with Crippen molar-refractivity contribution in [2.24, 2.45) is 7.05 Å². The first-order chi connectivity index (χ1) is 9.75. The molecule has 3 heterocycles. The maximum Gasteiger partial charge on any atom is 0.222 e. The Morgan fingerprint density at radius 2 is 2.30 bits per heavy atom. The van der Waals surface area contributed by atoms with Gasteiger partial charge in [-0.1, -0.05) is 0 Å². The molecule has 0 aliphatic carbocycles. The van der Waals surface area contributed by atoms with Gasteiger partial charge in [0.05, 0.1) is 6.04 Å². The van der Waals surface area contributed by atoms with Crippen molar-refractivity contribution >= 4 is 5.91 Å². The van der Waals surface area contributed by atoms with Crippen LogP contribution < -0.4 is 5.32 Å². The molecule has 0 saturated carbocycles. The van der Waals surface area contributed by atoms with E-state index in [1.54, 1.807) is 0 Å². The molecule has 6 nitrogen and oxygen atoms in total. The van der Waals surface area contributed by atoms with E-state index in [4.69, 9.17) is 0 Å². The van der Waals surface area contributed by atoms with E-state index in [1.807, 2.05) is 24.3 Å². The number of hydrogen-bond donors (Lipinski definition) is 1. The van der Waals surface area contributed by atoms with Gasteiger partial charge in [-0.3, -0.25) is 9.69 Å². The fraction of sp³-hybridized carbons (Fsp3) is 0.714. The second-order valence-electron chi connectivity index (χ2n) is 5.64. The number of piperazine rings is 1. The van der Waals surface area contributed by atoms with Crippen LogP contribution in [0, 0.1) is 0 Å². The van der Waals surface area contributed by atoms with Crippen molar-refractivity contribution in [2.75, 3.05) is 39.3 Å². The Morgan fingerprint density at radius 1 is 1.40 bits per heavy atom. The van der Waals surface area contributed by atoms with E-state index in [0.717, 1.165) is 57.9 Å². The van der Waals surface area contributed by atoms with E-state index >= 15 is 0 Å². The molecular formula is C14H23N5O. The third-order valence-corrected chi connectivity index (χ3v) is 4.34. The highest BCUT2D eigenvalue weighted by Gasteiger charge is 2.28. The first-order valence-corrected chi connectivity index (χ1v) is 7.45. The van der Waals surface area contributed by atoms with Gasteiger partial charge in [0.25, 0.3) is 0 Å². The number of hydrogen-bond acceptors (Lipinski definition) is 4. The molecule has 0 bridgehead atoms. The van der Waals surface area contributed by atoms with Crippen molar-refractivity contribution in [1.29, 1.82) is 0 Å². The number of nitrogens with one attached hydrogen (secondary N) is 1. The smallest absolute Gasteiger partial charge is 0.222 e. The van der Waals surface area contributed by atoms with E-state index in [1.165, 1.54) is 0 Å². The van der Waals surface area contributed by atoms with E-state index in [0.29, 0.717) is 11.9 Å². The molecule has 6 heteroatoms. The Hall–Kier alpha value is -1.40. The maximum atomic E-state index is 11.7. The van der Waals surface area contributed by atoms with E-state index < -0.39 is 0 Å². The molecular weight excluding hydrogens is 254 g/mol. The predicted octanol–water partition coefficient (Wildman–Crippen LogP) is -0.0112. The van der Waals surface area contributed by atoms with Gasteiger partial charge in [0, 0.05) is 65.1 Å². The third-order valence-electron chi connectivity index (χ3n) is 4.34. The van der Waals surface area contributed by atoms with Gasteiger partial charge in [-0.25, -0.2) is 4.98 Å². The quantitative estimate of drug-likeness (QED) is 0.841. The molecule has 2 aliphatic heterocycles. The summed E-state index contributed by atoms with van der Waals surface area (Å²) in [6, 6.07) is 0.307. The molecule has 1 atom stereocenters. The van der Waals surface area contributed by atoms with Gasteiger partial charge in [-0.15, -0.1) is 0 Å². The third kappa shape index (κ3) is 2.71. The number of likely N-dealkylation sites (tertiary alicyclic amines) is 1. The number of aromatic nitrogens is 2. The lowest BCUT2D eigenvalue weighted by atomic mass is 10.1. The zero-order chi connectivity index (χ0) is 13.9. The van der Waals surface area contributed by atoms with Crippen LogP contribution in [0.5, 0.6) is 0 Å². The monoisotopic (exact) mass is 277 g/mol. The van der Waals surface area contributed by atoms with Crippen molar-refractivity contribution in [2.45, 2.75) is 18.9 Å². The summed E-state index contributed by atoms with van der Waals surface area (Å²) in [5.74, 6) is 1.42. The van der Waals surface area contributed by atoms with Gasteiger partial charge in [0.2, 0.25) is 5.91 Å². The molecule has 2 fully saturated rings. The molecule has 1 aromatic heterocycles. The number of imidazole rings is 1. The summed E-state index contributed by atoms with van der Waals surface area (Å²) in [6.45, 7) is 5.66. The summed E-state index contributed by atoms with van der Waals surface area (Å²) in [5.41, 5.74) is 0. The second kappa shape index (κ2) is 5.93. The van der Waals surface area contributed by atoms with Crippen molar-refractivity contribution in [3.05, 3.63) is 18.2 Å². The van der Waals surface area contributed by atoms with Crippen LogP contribution >= 0.6 is 0 Å². The SMILES string of the molecule is Cn1ccnc1C1CNCCN1CCN1CCCC1=O. The first-order valence-electron chi connectivity index (χ1n) is 7.45. The second-order valence-corrected chi connectivity index (χ2v) is 5.64. The Labute approximate surface area is 119 Å². The van der Waals surface area contributed by atoms with Crippen molar-refractivity contribution in [3.8, 4) is 0 Å². The lowest BCUT2D eigenvalue weighted by molar-refractivity contribution is -0.127. The van der Waals surface area contributed by atoms with Crippen molar-refractivity contribution < 1.29 is 4.79 Å². The predicted molar refractivity (Wildman–Crippen MR) is 76.2 cm³/mol. The van der Waals surface area contributed by atoms with Crippen LogP contribution in [0.2, 0.25) is 0 Å². The normalized spacial score (nSPS) is 24.6. The van der Waals surface area contributed by atoms with E-state index in [2.05, 4.69) is 19.8 Å². The van der Waals surface area contributed by atoms with Gasteiger partial charge >= 0.3 is 0 Å². The Kier molecular flexibility index (Phi) is 4.03. The molecule has 0 radical (unpaired) electrons. The Morgan fingerprint density at radius 3 is 3.00 bits per heavy atom. The summed E-state index contributed by atoms with van der Waals surface area (Å²) >= 11 is 0. The minimum atomic E-state index is 0.307. The first kappa shape index (κ1) is 13.6. The minimum Gasteiger partial charge on any atom is -0.341 e. The van der Waals surface area contributed by atoms with Gasteiger partial charge in [-0.2, -0.15) is 0 Å². The molecule has 0 aromatic carbocycles. The highest BCUT2D eigenvalue weighted by molar-refractivity contribution is 5.78. The number of amides is 1. The molecule has 2 saturated heterocycles. The summed E-state index contributed by atoms with van der Waals surface area (Å²) in [4.78, 5) is 20.6. The summed E-state index contributed by atoms with van der Waals surface area (Å²) in [6.07, 6.45) is 5.59. The molecule has 20 heavy (non-hydrogen) atoms. The average Bonchev–Trinajstić information content (AvgIpc) is 3.06. The van der Waals surface area contributed by atoms with Crippen molar-refractivity contribution in [3.63, 3.8) is 0 Å². The van der Waals surface area contributed by atoms with Gasteiger partial charge in [0.15, 0.2) is 0 Å². The average molecular weight is 277 g/mol. The zero-order valence-electron chi connectivity index (χ0n) is 12.1. The zero-order valence-corrected chi connectivity index (χ0v) is 12.1. The highest BCUT2D eigenvalue weighted by atomic mass is 16.2. The minimum absolute atomic E-state index is 0.307. The van der Waals surface area contributed by atoms with Crippen LogP contribution in [-0.2, 0) is 11.8 Å². The molecule has 2 aliphatic rings. The molecule has 1 N–H and O–H groups in total. The summed E-state index contributed by atoms with van der Waals surface area (Å²) < 4.78 is 2.09. The Balaban J connectivity index is 1.63. The molecule has 110 valence electrons. The molecule has 1 unspecified atom stereocenters. The number of aryl methyl sites for hydroxylation is 1. The van der Waals surface area contributed by atoms with Gasteiger partial charge < -0.3 is 14.8 Å². The van der Waals surface area contributed by atoms with Gasteiger partial charge in [0.1, 0.15) is 5.82 Å².